The summed E-state index contributed by atoms with van der Waals surface area (Å²) in [7, 11) is 2.24. The predicted octanol–water partition coefficient (Wildman–Crippen LogP) is 3.33. The van der Waals surface area contributed by atoms with E-state index in [2.05, 4.69) is 44.6 Å². The van der Waals surface area contributed by atoms with E-state index >= 15 is 0 Å². The molecule has 0 amide bonds. The number of rotatable bonds is 7. The van der Waals surface area contributed by atoms with Crippen LogP contribution in [0, 0.1) is 5.92 Å². The highest BCUT2D eigenvalue weighted by Crippen LogP contribution is 2.26. The molecular weight excluding hydrogens is 296 g/mol. The molecule has 1 aromatic heterocycles. The van der Waals surface area contributed by atoms with Crippen LogP contribution in [0.4, 0.5) is 0 Å². The summed E-state index contributed by atoms with van der Waals surface area (Å²) in [6, 6.07) is 2.19. The van der Waals surface area contributed by atoms with Crippen LogP contribution < -0.4 is 5.32 Å². The number of nitrogens with zero attached hydrogens (tertiary/aromatic N) is 1. The third-order valence-electron chi connectivity index (χ3n) is 3.39. The highest BCUT2D eigenvalue weighted by atomic mass is 79.9. The van der Waals surface area contributed by atoms with E-state index < -0.39 is 0 Å². The molecule has 0 aromatic carbocycles. The van der Waals surface area contributed by atoms with Crippen LogP contribution in [0.15, 0.2) is 15.9 Å². The summed E-state index contributed by atoms with van der Waals surface area (Å²) in [5, 5.41) is 5.64. The summed E-state index contributed by atoms with van der Waals surface area (Å²) < 4.78 is 1.20. The Morgan fingerprint density at radius 1 is 1.53 bits per heavy atom. The quantitative estimate of drug-likeness (QED) is 0.776. The Morgan fingerprint density at radius 2 is 2.35 bits per heavy atom. The zero-order valence-electron chi connectivity index (χ0n) is 10.4. The fraction of sp³-hybridized carbons (Fsp3) is 0.692. The Bertz CT molecular complexity index is 336. The van der Waals surface area contributed by atoms with E-state index in [1.165, 1.54) is 35.2 Å². The van der Waals surface area contributed by atoms with Crippen LogP contribution in [0.5, 0.6) is 0 Å². The van der Waals surface area contributed by atoms with Crippen molar-refractivity contribution in [3.05, 3.63) is 20.8 Å². The van der Waals surface area contributed by atoms with Crippen molar-refractivity contribution in [2.75, 3.05) is 26.7 Å². The molecule has 17 heavy (non-hydrogen) atoms. The smallest absolute Gasteiger partial charge is 0.0300 e. The van der Waals surface area contributed by atoms with Crippen molar-refractivity contribution in [3.63, 3.8) is 0 Å². The van der Waals surface area contributed by atoms with Crippen molar-refractivity contribution in [2.45, 2.75) is 25.8 Å². The molecule has 1 aliphatic carbocycles. The zero-order valence-corrected chi connectivity index (χ0v) is 12.8. The van der Waals surface area contributed by atoms with Crippen LogP contribution in [0.2, 0.25) is 0 Å². The van der Waals surface area contributed by atoms with Gasteiger partial charge in [0, 0.05) is 40.9 Å². The monoisotopic (exact) mass is 316 g/mol. The second kappa shape index (κ2) is 6.88. The first-order chi connectivity index (χ1) is 8.24. The highest BCUT2D eigenvalue weighted by molar-refractivity contribution is 9.10. The standard InChI is InChI=1S/C13H21BrN2S/c1-16(9-11-3-2-4-11)6-5-15-8-13-7-12(14)10-17-13/h7,10-11,15H,2-6,8-9H2,1H3. The van der Waals surface area contributed by atoms with Gasteiger partial charge in [-0.25, -0.2) is 0 Å². The molecular formula is C13H21BrN2S. The van der Waals surface area contributed by atoms with Crippen molar-refractivity contribution in [2.24, 2.45) is 5.92 Å². The van der Waals surface area contributed by atoms with Gasteiger partial charge < -0.3 is 10.2 Å². The van der Waals surface area contributed by atoms with E-state index in [4.69, 9.17) is 0 Å². The number of hydrogen-bond donors (Lipinski definition) is 1. The highest BCUT2D eigenvalue weighted by Gasteiger charge is 2.18. The van der Waals surface area contributed by atoms with Crippen LogP contribution in [0.25, 0.3) is 0 Å². The molecule has 0 spiro atoms. The van der Waals surface area contributed by atoms with Gasteiger partial charge in [0.05, 0.1) is 0 Å². The van der Waals surface area contributed by atoms with Crippen LogP contribution in [0.1, 0.15) is 24.1 Å². The Morgan fingerprint density at radius 3 is 2.94 bits per heavy atom. The van der Waals surface area contributed by atoms with Crippen molar-refractivity contribution < 1.29 is 0 Å². The molecule has 4 heteroatoms. The lowest BCUT2D eigenvalue weighted by Gasteiger charge is -2.30. The first kappa shape index (κ1) is 13.5. The third kappa shape index (κ3) is 4.70. The molecule has 1 N–H and O–H groups in total. The summed E-state index contributed by atoms with van der Waals surface area (Å²) >= 11 is 5.29. The Labute approximate surface area is 117 Å². The lowest BCUT2D eigenvalue weighted by molar-refractivity contribution is 0.206. The van der Waals surface area contributed by atoms with Gasteiger partial charge in [-0.05, 0) is 47.8 Å². The maximum absolute atomic E-state index is 3.50. The molecule has 1 saturated carbocycles. The van der Waals surface area contributed by atoms with Crippen molar-refractivity contribution >= 4 is 27.3 Å². The van der Waals surface area contributed by atoms with Gasteiger partial charge >= 0.3 is 0 Å². The first-order valence-electron chi connectivity index (χ1n) is 6.36. The van der Waals surface area contributed by atoms with E-state index in [1.807, 2.05) is 11.3 Å². The molecule has 2 nitrogen and oxygen atoms in total. The first-order valence-corrected chi connectivity index (χ1v) is 8.03. The van der Waals surface area contributed by atoms with Crippen LogP contribution in [-0.4, -0.2) is 31.6 Å². The summed E-state index contributed by atoms with van der Waals surface area (Å²) in [5.41, 5.74) is 0. The Balaban J connectivity index is 1.53. The third-order valence-corrected chi connectivity index (χ3v) is 5.08. The molecule has 1 aromatic rings. The summed E-state index contributed by atoms with van der Waals surface area (Å²) in [6.45, 7) is 4.52. The molecule has 1 aliphatic rings. The average Bonchev–Trinajstić information content (AvgIpc) is 2.65. The van der Waals surface area contributed by atoms with Gasteiger partial charge in [-0.3, -0.25) is 0 Å². The molecule has 0 unspecified atom stereocenters. The SMILES string of the molecule is CN(CCNCc1cc(Br)cs1)CC1CCC1. The molecule has 1 fully saturated rings. The van der Waals surface area contributed by atoms with Gasteiger partial charge in [0.2, 0.25) is 0 Å². The summed E-state index contributed by atoms with van der Waals surface area (Å²) in [5.74, 6) is 0.980. The number of likely N-dealkylation sites (N-methyl/N-ethyl adjacent to an activating group) is 1. The molecule has 1 heterocycles. The molecule has 0 radical (unpaired) electrons. The molecule has 2 rings (SSSR count). The van der Waals surface area contributed by atoms with E-state index in [0.717, 1.165) is 25.6 Å². The van der Waals surface area contributed by atoms with Gasteiger partial charge in [0.1, 0.15) is 0 Å². The van der Waals surface area contributed by atoms with Gasteiger partial charge in [-0.15, -0.1) is 11.3 Å². The number of halogens is 1. The molecule has 0 saturated heterocycles. The van der Waals surface area contributed by atoms with Gasteiger partial charge in [0.25, 0.3) is 0 Å². The summed E-state index contributed by atoms with van der Waals surface area (Å²) in [4.78, 5) is 3.86. The maximum Gasteiger partial charge on any atom is 0.0300 e. The molecule has 0 bridgehead atoms. The Kier molecular flexibility index (Phi) is 5.48. The van der Waals surface area contributed by atoms with Crippen molar-refractivity contribution in [3.8, 4) is 0 Å². The van der Waals surface area contributed by atoms with E-state index in [1.54, 1.807) is 0 Å². The topological polar surface area (TPSA) is 15.3 Å². The number of thiophene rings is 1. The second-order valence-electron chi connectivity index (χ2n) is 4.97. The summed E-state index contributed by atoms with van der Waals surface area (Å²) in [6.07, 6.45) is 4.34. The van der Waals surface area contributed by atoms with Crippen LogP contribution in [0.3, 0.4) is 0 Å². The van der Waals surface area contributed by atoms with E-state index in [9.17, 15) is 0 Å². The van der Waals surface area contributed by atoms with Gasteiger partial charge in [-0.1, -0.05) is 6.42 Å². The fourth-order valence-corrected chi connectivity index (χ4v) is 3.56. The minimum absolute atomic E-state index is 0.980. The largest absolute Gasteiger partial charge is 0.311 e. The van der Waals surface area contributed by atoms with Gasteiger partial charge in [-0.2, -0.15) is 0 Å². The van der Waals surface area contributed by atoms with E-state index in [-0.39, 0.29) is 0 Å². The normalized spacial score (nSPS) is 16.4. The lowest BCUT2D eigenvalue weighted by atomic mass is 9.85. The number of hydrogen-bond acceptors (Lipinski definition) is 3. The van der Waals surface area contributed by atoms with Crippen LogP contribution in [-0.2, 0) is 6.54 Å². The fourth-order valence-electron chi connectivity index (χ4n) is 2.14. The molecule has 0 aliphatic heterocycles. The molecule has 0 atom stereocenters. The number of nitrogens with one attached hydrogen (secondary N) is 1. The minimum atomic E-state index is 0.980. The van der Waals surface area contributed by atoms with E-state index in [0.29, 0.717) is 0 Å². The van der Waals surface area contributed by atoms with Gasteiger partial charge in [0.15, 0.2) is 0 Å². The van der Waals surface area contributed by atoms with Crippen molar-refractivity contribution in [1.29, 1.82) is 0 Å². The minimum Gasteiger partial charge on any atom is -0.311 e. The van der Waals surface area contributed by atoms with Crippen LogP contribution >= 0.6 is 27.3 Å². The second-order valence-corrected chi connectivity index (χ2v) is 6.88. The lowest BCUT2D eigenvalue weighted by Crippen LogP contribution is -2.34. The zero-order chi connectivity index (χ0) is 12.1. The Hall–Kier alpha value is 0.1000. The van der Waals surface area contributed by atoms with Crippen molar-refractivity contribution in [1.82, 2.24) is 10.2 Å². The average molecular weight is 317 g/mol. The molecule has 96 valence electrons. The predicted molar refractivity (Wildman–Crippen MR) is 78.6 cm³/mol. The maximum atomic E-state index is 3.50.